The predicted molar refractivity (Wildman–Crippen MR) is 75.3 cm³/mol. The van der Waals surface area contributed by atoms with E-state index < -0.39 is 4.92 Å². The molecule has 0 unspecified atom stereocenters. The molecule has 0 aromatic heterocycles. The molecule has 5 nitrogen and oxygen atoms in total. The van der Waals surface area contributed by atoms with E-state index in [0.29, 0.717) is 16.7 Å². The summed E-state index contributed by atoms with van der Waals surface area (Å²) in [6.07, 6.45) is 0.111. The minimum atomic E-state index is -0.499. The van der Waals surface area contributed by atoms with Crippen molar-refractivity contribution in [3.63, 3.8) is 0 Å². The molecule has 1 aromatic rings. The average Bonchev–Trinajstić information content (AvgIpc) is 2.36. The van der Waals surface area contributed by atoms with Crippen molar-refractivity contribution in [2.24, 2.45) is 0 Å². The van der Waals surface area contributed by atoms with Gasteiger partial charge in [0.2, 0.25) is 0 Å². The summed E-state index contributed by atoms with van der Waals surface area (Å²) >= 11 is 0. The maximum atomic E-state index is 11.4. The van der Waals surface area contributed by atoms with E-state index in [4.69, 9.17) is 5.26 Å². The number of nitrogens with zero attached hydrogens (tertiary/aromatic N) is 3. The van der Waals surface area contributed by atoms with E-state index in [1.165, 1.54) is 0 Å². The zero-order valence-electron chi connectivity index (χ0n) is 12.1. The molecule has 1 rings (SSSR count). The normalized spacial score (nSPS) is 10.4. The maximum Gasteiger partial charge on any atom is 0.291 e. The highest BCUT2D eigenvalue weighted by molar-refractivity contribution is 5.63. The number of nitro groups is 1. The second-order valence-electron chi connectivity index (χ2n) is 5.28. The van der Waals surface area contributed by atoms with Crippen molar-refractivity contribution in [2.45, 2.75) is 46.0 Å². The van der Waals surface area contributed by atoms with E-state index in [0.717, 1.165) is 0 Å². The van der Waals surface area contributed by atoms with Crippen molar-refractivity contribution in [3.8, 4) is 12.1 Å². The molecule has 20 heavy (non-hydrogen) atoms. The standard InChI is InChI=1S/C15H17N3O2/c1-9(2)12-7-11(5-6-16)14(10(3)4)15(18(19)20)13(12)8-17/h7,9-10H,5H2,1-4H3. The lowest BCUT2D eigenvalue weighted by Crippen LogP contribution is -2.08. The summed E-state index contributed by atoms with van der Waals surface area (Å²) < 4.78 is 0. The van der Waals surface area contributed by atoms with Gasteiger partial charge in [-0.05, 0) is 23.0 Å². The van der Waals surface area contributed by atoms with Crippen LogP contribution in [0, 0.1) is 32.8 Å². The Hall–Kier alpha value is -2.40. The molecule has 0 spiro atoms. The fourth-order valence-corrected chi connectivity index (χ4v) is 2.40. The molecule has 0 atom stereocenters. The van der Waals surface area contributed by atoms with E-state index in [-0.39, 0.29) is 29.5 Å². The number of hydrogen-bond acceptors (Lipinski definition) is 4. The third-order valence-corrected chi connectivity index (χ3v) is 3.22. The monoisotopic (exact) mass is 271 g/mol. The van der Waals surface area contributed by atoms with Crippen LogP contribution in [0.4, 0.5) is 5.69 Å². The number of nitriles is 2. The highest BCUT2D eigenvalue weighted by Gasteiger charge is 2.28. The first-order chi connectivity index (χ1) is 9.34. The largest absolute Gasteiger partial charge is 0.291 e. The van der Waals surface area contributed by atoms with Gasteiger partial charge in [-0.25, -0.2) is 0 Å². The quantitative estimate of drug-likeness (QED) is 0.615. The third kappa shape index (κ3) is 2.78. The Morgan fingerprint density at radius 2 is 1.85 bits per heavy atom. The van der Waals surface area contributed by atoms with Crippen LogP contribution in [0.15, 0.2) is 6.07 Å². The fourth-order valence-electron chi connectivity index (χ4n) is 2.40. The summed E-state index contributed by atoms with van der Waals surface area (Å²) in [5.41, 5.74) is 1.76. The van der Waals surface area contributed by atoms with Crippen LogP contribution >= 0.6 is 0 Å². The first-order valence-corrected chi connectivity index (χ1v) is 6.46. The first kappa shape index (κ1) is 15.7. The van der Waals surface area contributed by atoms with Gasteiger partial charge in [-0.1, -0.05) is 33.8 Å². The van der Waals surface area contributed by atoms with Gasteiger partial charge in [0.25, 0.3) is 5.69 Å². The van der Waals surface area contributed by atoms with Crippen LogP contribution in [0.1, 0.15) is 61.8 Å². The number of nitro benzene ring substituents is 1. The predicted octanol–water partition coefficient (Wildman–Crippen LogP) is 3.78. The number of hydrogen-bond donors (Lipinski definition) is 0. The van der Waals surface area contributed by atoms with Crippen LogP contribution in [0.2, 0.25) is 0 Å². The van der Waals surface area contributed by atoms with Crippen molar-refractivity contribution in [1.82, 2.24) is 0 Å². The summed E-state index contributed by atoms with van der Waals surface area (Å²) in [6.45, 7) is 7.43. The molecule has 0 saturated heterocycles. The van der Waals surface area contributed by atoms with Crippen molar-refractivity contribution < 1.29 is 4.92 Å². The van der Waals surface area contributed by atoms with Crippen molar-refractivity contribution in [2.75, 3.05) is 0 Å². The SMILES string of the molecule is CC(C)c1cc(CC#N)c(C(C)C)c([N+](=O)[O-])c1C#N. The van der Waals surface area contributed by atoms with E-state index >= 15 is 0 Å². The lowest BCUT2D eigenvalue weighted by molar-refractivity contribution is -0.386. The summed E-state index contributed by atoms with van der Waals surface area (Å²) in [7, 11) is 0. The highest BCUT2D eigenvalue weighted by atomic mass is 16.6. The second-order valence-corrected chi connectivity index (χ2v) is 5.28. The van der Waals surface area contributed by atoms with Crippen LogP contribution in [-0.4, -0.2) is 4.92 Å². The molecular weight excluding hydrogens is 254 g/mol. The van der Waals surface area contributed by atoms with E-state index in [9.17, 15) is 15.4 Å². The van der Waals surface area contributed by atoms with E-state index in [1.54, 1.807) is 6.07 Å². The van der Waals surface area contributed by atoms with Crippen molar-refractivity contribution in [1.29, 1.82) is 10.5 Å². The Labute approximate surface area is 118 Å². The van der Waals surface area contributed by atoms with Gasteiger partial charge in [0.15, 0.2) is 0 Å². The minimum absolute atomic E-state index is 0.0120. The Balaban J connectivity index is 3.87. The molecule has 0 saturated carbocycles. The molecule has 0 radical (unpaired) electrons. The molecule has 0 amide bonds. The van der Waals surface area contributed by atoms with Crippen LogP contribution in [0.5, 0.6) is 0 Å². The van der Waals surface area contributed by atoms with Crippen molar-refractivity contribution in [3.05, 3.63) is 38.4 Å². The lowest BCUT2D eigenvalue weighted by atomic mass is 9.85. The molecule has 0 heterocycles. The number of benzene rings is 1. The average molecular weight is 271 g/mol. The zero-order chi connectivity index (χ0) is 15.4. The summed E-state index contributed by atoms with van der Waals surface area (Å²) in [5.74, 6) is -0.130. The van der Waals surface area contributed by atoms with Crippen LogP contribution in [0.3, 0.4) is 0 Å². The highest BCUT2D eigenvalue weighted by Crippen LogP contribution is 2.37. The van der Waals surface area contributed by atoms with Gasteiger partial charge in [-0.15, -0.1) is 0 Å². The molecule has 0 aliphatic rings. The second kappa shape index (κ2) is 6.16. The van der Waals surface area contributed by atoms with Gasteiger partial charge in [0.1, 0.15) is 11.6 Å². The van der Waals surface area contributed by atoms with Crippen LogP contribution in [-0.2, 0) is 6.42 Å². The van der Waals surface area contributed by atoms with Gasteiger partial charge in [0, 0.05) is 5.56 Å². The van der Waals surface area contributed by atoms with Crippen LogP contribution in [0.25, 0.3) is 0 Å². The molecule has 104 valence electrons. The molecule has 0 N–H and O–H groups in total. The summed E-state index contributed by atoms with van der Waals surface area (Å²) in [5, 5.41) is 29.6. The molecule has 1 aromatic carbocycles. The van der Waals surface area contributed by atoms with Gasteiger partial charge in [0.05, 0.1) is 17.4 Å². The van der Waals surface area contributed by atoms with Gasteiger partial charge < -0.3 is 0 Å². The Morgan fingerprint density at radius 3 is 2.20 bits per heavy atom. The van der Waals surface area contributed by atoms with Gasteiger partial charge in [-0.3, -0.25) is 10.1 Å². The molecule has 0 bridgehead atoms. The summed E-state index contributed by atoms with van der Waals surface area (Å²) in [6, 6.07) is 5.78. The summed E-state index contributed by atoms with van der Waals surface area (Å²) in [4.78, 5) is 10.9. The first-order valence-electron chi connectivity index (χ1n) is 6.46. The maximum absolute atomic E-state index is 11.4. The Morgan fingerprint density at radius 1 is 1.25 bits per heavy atom. The van der Waals surface area contributed by atoms with E-state index in [2.05, 4.69) is 0 Å². The smallest absolute Gasteiger partial charge is 0.258 e. The Kier molecular flexibility index (Phi) is 4.83. The van der Waals surface area contributed by atoms with Gasteiger partial charge in [-0.2, -0.15) is 10.5 Å². The zero-order valence-corrected chi connectivity index (χ0v) is 12.1. The third-order valence-electron chi connectivity index (χ3n) is 3.22. The topological polar surface area (TPSA) is 90.7 Å². The molecule has 5 heteroatoms. The number of rotatable bonds is 4. The minimum Gasteiger partial charge on any atom is -0.258 e. The van der Waals surface area contributed by atoms with Crippen LogP contribution < -0.4 is 0 Å². The molecule has 0 aliphatic carbocycles. The molecule has 0 fully saturated rings. The molecule has 0 aliphatic heterocycles. The lowest BCUT2D eigenvalue weighted by Gasteiger charge is -2.17. The van der Waals surface area contributed by atoms with E-state index in [1.807, 2.05) is 39.8 Å². The molecular formula is C15H17N3O2. The Bertz CT molecular complexity index is 619. The fraction of sp³-hybridized carbons (Fsp3) is 0.467. The van der Waals surface area contributed by atoms with Crippen molar-refractivity contribution >= 4 is 5.69 Å². The van der Waals surface area contributed by atoms with Gasteiger partial charge >= 0.3 is 0 Å².